The number of hydrogen-bond acceptors (Lipinski definition) is 3. The monoisotopic (exact) mass is 627 g/mol. The van der Waals surface area contributed by atoms with E-state index < -0.39 is 26.2 Å². The maximum absolute atomic E-state index is 14.3. The number of aliphatic hydroxyl groups excluding tert-OH is 1. The summed E-state index contributed by atoms with van der Waals surface area (Å²) in [6.07, 6.45) is -0.588. The molecule has 44 heavy (non-hydrogen) atoms. The Labute approximate surface area is 260 Å². The molecule has 2 atom stereocenters. The van der Waals surface area contributed by atoms with E-state index in [0.29, 0.717) is 11.1 Å². The van der Waals surface area contributed by atoms with Crippen LogP contribution in [-0.4, -0.2) is 18.4 Å². The minimum atomic E-state index is -4.48. The molecule has 0 aliphatic heterocycles. The summed E-state index contributed by atoms with van der Waals surface area (Å²) in [7, 11) is -2.28. The van der Waals surface area contributed by atoms with Crippen LogP contribution < -0.4 is 0 Å². The van der Waals surface area contributed by atoms with Crippen LogP contribution >= 0.6 is 0 Å². The Bertz CT molecular complexity index is 1480. The van der Waals surface area contributed by atoms with Gasteiger partial charge in [-0.2, -0.15) is 13.2 Å². The second kappa shape index (κ2) is 11.7. The minimum Gasteiger partial charge on any atom is -0.410 e. The molecule has 0 spiro atoms. The Morgan fingerprint density at radius 1 is 0.955 bits per heavy atom. The number of aromatic nitrogens is 1. The summed E-state index contributed by atoms with van der Waals surface area (Å²) in [6.45, 7) is 15.5. The molecule has 1 heterocycles. The molecular formula is C36H45F4NO2Si. The van der Waals surface area contributed by atoms with Gasteiger partial charge in [0.25, 0.3) is 0 Å². The van der Waals surface area contributed by atoms with Crippen LogP contribution in [-0.2, 0) is 17.0 Å². The second-order valence-corrected chi connectivity index (χ2v) is 19.8. The molecule has 2 aromatic carbocycles. The van der Waals surface area contributed by atoms with Crippen molar-refractivity contribution >= 4 is 8.32 Å². The van der Waals surface area contributed by atoms with Gasteiger partial charge in [0.05, 0.1) is 17.4 Å². The molecule has 3 nitrogen and oxygen atoms in total. The maximum Gasteiger partial charge on any atom is 0.416 e. The molecule has 2 aliphatic carbocycles. The molecule has 1 N–H and O–H groups in total. The van der Waals surface area contributed by atoms with Crippen LogP contribution in [0.15, 0.2) is 48.5 Å². The van der Waals surface area contributed by atoms with Crippen molar-refractivity contribution in [3.8, 4) is 11.1 Å². The molecule has 0 bridgehead atoms. The molecule has 0 saturated heterocycles. The van der Waals surface area contributed by atoms with Crippen LogP contribution in [0, 0.1) is 11.2 Å². The zero-order valence-electron chi connectivity index (χ0n) is 26.9. The summed E-state index contributed by atoms with van der Waals surface area (Å²) >= 11 is 0. The lowest BCUT2D eigenvalue weighted by Gasteiger charge is -2.45. The Hall–Kier alpha value is -2.55. The lowest BCUT2D eigenvalue weighted by atomic mass is 9.71. The Morgan fingerprint density at radius 3 is 2.09 bits per heavy atom. The summed E-state index contributed by atoms with van der Waals surface area (Å²) in [5.41, 5.74) is 4.29. The van der Waals surface area contributed by atoms with Crippen molar-refractivity contribution in [2.45, 2.75) is 116 Å². The number of pyridine rings is 1. The second-order valence-electron chi connectivity index (χ2n) is 15.1. The lowest BCUT2D eigenvalue weighted by Crippen LogP contribution is -2.44. The number of aliphatic hydroxyl groups is 1. The summed E-state index contributed by atoms with van der Waals surface area (Å²) in [5, 5.41) is 12.1. The Morgan fingerprint density at radius 2 is 1.55 bits per heavy atom. The topological polar surface area (TPSA) is 42.4 Å². The zero-order valence-corrected chi connectivity index (χ0v) is 27.9. The smallest absolute Gasteiger partial charge is 0.410 e. The van der Waals surface area contributed by atoms with Crippen molar-refractivity contribution in [1.82, 2.24) is 4.98 Å². The third kappa shape index (κ3) is 6.54. The summed E-state index contributed by atoms with van der Waals surface area (Å²) in [4.78, 5) is 5.36. The van der Waals surface area contributed by atoms with E-state index in [4.69, 9.17) is 9.41 Å². The predicted octanol–water partition coefficient (Wildman–Crippen LogP) is 10.7. The van der Waals surface area contributed by atoms with Crippen LogP contribution in [0.2, 0.25) is 18.1 Å². The van der Waals surface area contributed by atoms with Crippen molar-refractivity contribution in [3.63, 3.8) is 0 Å². The fourth-order valence-electron chi connectivity index (χ4n) is 6.66. The van der Waals surface area contributed by atoms with E-state index >= 15 is 0 Å². The quantitative estimate of drug-likeness (QED) is 0.218. The van der Waals surface area contributed by atoms with Gasteiger partial charge in [0.15, 0.2) is 8.32 Å². The fourth-order valence-corrected chi connectivity index (χ4v) is 7.93. The van der Waals surface area contributed by atoms with E-state index in [9.17, 15) is 22.7 Å². The average Bonchev–Trinajstić information content (AvgIpc) is 3.45. The van der Waals surface area contributed by atoms with Crippen LogP contribution in [0.5, 0.6) is 0 Å². The van der Waals surface area contributed by atoms with Crippen molar-refractivity contribution in [2.75, 3.05) is 0 Å². The molecular weight excluding hydrogens is 582 g/mol. The number of nitrogens with zero attached hydrogens (tertiary/aromatic N) is 1. The molecule has 238 valence electrons. The standard InChI is InChI=1S/C36H45F4NO2Si/c1-34(2,3)44(6,7)43-28-21-35(4,5)20-27-30(28)29(22-14-18-26(37)19-15-22)31(32(41-27)23-10-8-9-11-23)33(42)24-12-16-25(17-13-24)36(38,39)40/h12-19,23,28,33,42H,8-11,20-21H2,1-7H3. The molecule has 1 aromatic heterocycles. The van der Waals surface area contributed by atoms with E-state index in [1.54, 1.807) is 12.1 Å². The Balaban J connectivity index is 1.81. The molecule has 1 fully saturated rings. The number of rotatable bonds is 6. The largest absolute Gasteiger partial charge is 0.416 e. The SMILES string of the molecule is CC1(C)Cc2nc(C3CCCC3)c(C(O)c3ccc(C(F)(F)F)cc3)c(-c3ccc(F)cc3)c2C(O[Si](C)(C)C(C)(C)C)C1. The third-order valence-corrected chi connectivity index (χ3v) is 14.5. The summed E-state index contributed by atoms with van der Waals surface area (Å²) in [5.74, 6) is -0.254. The molecule has 8 heteroatoms. The molecule has 3 aromatic rings. The van der Waals surface area contributed by atoms with Gasteiger partial charge in [0.1, 0.15) is 11.9 Å². The van der Waals surface area contributed by atoms with Gasteiger partial charge in [-0.1, -0.05) is 71.7 Å². The number of hydrogen-bond donors (Lipinski definition) is 1. The van der Waals surface area contributed by atoms with E-state index in [-0.39, 0.29) is 28.3 Å². The van der Waals surface area contributed by atoms with Crippen LogP contribution in [0.4, 0.5) is 17.6 Å². The first-order chi connectivity index (χ1) is 20.4. The van der Waals surface area contributed by atoms with Crippen molar-refractivity contribution < 1.29 is 27.1 Å². The normalized spacial score (nSPS) is 20.0. The first-order valence-electron chi connectivity index (χ1n) is 15.7. The van der Waals surface area contributed by atoms with Crippen molar-refractivity contribution in [1.29, 1.82) is 0 Å². The van der Waals surface area contributed by atoms with Crippen LogP contribution in [0.25, 0.3) is 11.1 Å². The van der Waals surface area contributed by atoms with Gasteiger partial charge in [-0.3, -0.25) is 4.98 Å². The van der Waals surface area contributed by atoms with Gasteiger partial charge in [0.2, 0.25) is 0 Å². The summed E-state index contributed by atoms with van der Waals surface area (Å²) in [6, 6.07) is 11.0. The van der Waals surface area contributed by atoms with Gasteiger partial charge < -0.3 is 9.53 Å². The molecule has 2 unspecified atom stereocenters. The highest BCUT2D eigenvalue weighted by atomic mass is 28.4. The van der Waals surface area contributed by atoms with Crippen molar-refractivity contribution in [3.05, 3.63) is 88.0 Å². The van der Waals surface area contributed by atoms with E-state index in [0.717, 1.165) is 78.7 Å². The summed E-state index contributed by atoms with van der Waals surface area (Å²) < 4.78 is 61.7. The first kappa shape index (κ1) is 32.8. The molecule has 0 amide bonds. The number of benzene rings is 2. The number of halogens is 4. The van der Waals surface area contributed by atoms with Gasteiger partial charge in [-0.25, -0.2) is 4.39 Å². The predicted molar refractivity (Wildman–Crippen MR) is 169 cm³/mol. The molecule has 2 aliphatic rings. The first-order valence-corrected chi connectivity index (χ1v) is 18.6. The van der Waals surface area contributed by atoms with Crippen LogP contribution in [0.1, 0.15) is 118 Å². The van der Waals surface area contributed by atoms with E-state index in [1.165, 1.54) is 24.3 Å². The molecule has 1 saturated carbocycles. The van der Waals surface area contributed by atoms with Gasteiger partial charge in [-0.15, -0.1) is 0 Å². The maximum atomic E-state index is 14.3. The van der Waals surface area contributed by atoms with E-state index in [2.05, 4.69) is 47.7 Å². The van der Waals surface area contributed by atoms with Gasteiger partial charge >= 0.3 is 6.18 Å². The number of fused-ring (bicyclic) bond motifs is 1. The highest BCUT2D eigenvalue weighted by Crippen LogP contribution is 2.53. The fraction of sp³-hybridized carbons (Fsp3) is 0.528. The van der Waals surface area contributed by atoms with Gasteiger partial charge in [-0.05, 0) is 90.2 Å². The van der Waals surface area contributed by atoms with Gasteiger partial charge in [0, 0.05) is 22.7 Å². The third-order valence-electron chi connectivity index (χ3n) is 10.0. The number of alkyl halides is 3. The lowest BCUT2D eigenvalue weighted by molar-refractivity contribution is -0.137. The molecule has 0 radical (unpaired) electrons. The highest BCUT2D eigenvalue weighted by molar-refractivity contribution is 6.74. The van der Waals surface area contributed by atoms with Crippen LogP contribution in [0.3, 0.4) is 0 Å². The Kier molecular flexibility index (Phi) is 8.70. The average molecular weight is 628 g/mol. The highest BCUT2D eigenvalue weighted by Gasteiger charge is 2.45. The molecule has 5 rings (SSSR count). The van der Waals surface area contributed by atoms with E-state index in [1.807, 2.05) is 0 Å². The zero-order chi connectivity index (χ0) is 32.2. The van der Waals surface area contributed by atoms with Crippen molar-refractivity contribution in [2.24, 2.45) is 5.41 Å². The minimum absolute atomic E-state index is 0.0510.